The van der Waals surface area contributed by atoms with Gasteiger partial charge in [0, 0.05) is 30.3 Å². The number of carbonyl (C=O) groups is 1. The summed E-state index contributed by atoms with van der Waals surface area (Å²) < 4.78 is 51.4. The summed E-state index contributed by atoms with van der Waals surface area (Å²) in [5.41, 5.74) is 0.429. The van der Waals surface area contributed by atoms with Gasteiger partial charge in [-0.3, -0.25) is 14.8 Å². The Kier molecular flexibility index (Phi) is 3.06. The highest BCUT2D eigenvalue weighted by Gasteiger charge is 2.16. The van der Waals surface area contributed by atoms with Crippen LogP contribution in [0.1, 0.15) is 21.5 Å². The molecule has 4 aromatic rings. The standard InChI is InChI=1S/C19H13FN4O2/c20-13-7-15(11-21-10-13)26-16-9-17(19-23-5-6-24(19)12-16)18(25)8-14-3-1-2-4-22-14/h1-7,9-12H,8H2/i1D,2D,3D,4D. The average molecular weight is 352 g/mol. The maximum atomic E-state index is 13.4. The van der Waals surface area contributed by atoms with Crippen molar-refractivity contribution in [2.24, 2.45) is 0 Å². The van der Waals surface area contributed by atoms with Crippen molar-refractivity contribution in [1.29, 1.82) is 0 Å². The van der Waals surface area contributed by atoms with Gasteiger partial charge in [-0.05, 0) is 18.2 Å². The molecule has 0 amide bonds. The van der Waals surface area contributed by atoms with Crippen LogP contribution in [0.4, 0.5) is 4.39 Å². The van der Waals surface area contributed by atoms with E-state index in [1.54, 1.807) is 16.8 Å². The Labute approximate surface area is 153 Å². The molecule has 0 radical (unpaired) electrons. The van der Waals surface area contributed by atoms with Crippen molar-refractivity contribution in [3.05, 3.63) is 84.5 Å². The van der Waals surface area contributed by atoms with Crippen LogP contribution in [0, 0.1) is 5.82 Å². The fraction of sp³-hybridized carbons (Fsp3) is 0.0526. The number of hydrogen-bond acceptors (Lipinski definition) is 5. The van der Waals surface area contributed by atoms with Gasteiger partial charge in [-0.15, -0.1) is 0 Å². The Balaban J connectivity index is 1.71. The normalized spacial score (nSPS) is 13.0. The summed E-state index contributed by atoms with van der Waals surface area (Å²) in [5, 5.41) is 0. The lowest BCUT2D eigenvalue weighted by Gasteiger charge is -2.09. The van der Waals surface area contributed by atoms with Crippen LogP contribution in [0.5, 0.6) is 11.5 Å². The predicted molar refractivity (Wildman–Crippen MR) is 91.7 cm³/mol. The van der Waals surface area contributed by atoms with Crippen molar-refractivity contribution in [3.63, 3.8) is 0 Å². The molecule has 0 saturated heterocycles. The molecular weight excluding hydrogens is 335 g/mol. The highest BCUT2D eigenvalue weighted by atomic mass is 19.1. The number of halogens is 1. The number of rotatable bonds is 5. The number of imidazole rings is 1. The van der Waals surface area contributed by atoms with Crippen LogP contribution in [0.25, 0.3) is 5.65 Å². The van der Waals surface area contributed by atoms with Gasteiger partial charge in [0.25, 0.3) is 0 Å². The van der Waals surface area contributed by atoms with Crippen molar-refractivity contribution in [1.82, 2.24) is 19.4 Å². The minimum Gasteiger partial charge on any atom is -0.454 e. The van der Waals surface area contributed by atoms with E-state index in [4.69, 9.17) is 10.2 Å². The van der Waals surface area contributed by atoms with Crippen LogP contribution in [0.3, 0.4) is 0 Å². The molecule has 0 fully saturated rings. The summed E-state index contributed by atoms with van der Waals surface area (Å²) in [6.07, 6.45) is 6.20. The zero-order valence-corrected chi connectivity index (χ0v) is 13.2. The molecule has 0 N–H and O–H groups in total. The number of hydrogen-bond donors (Lipinski definition) is 0. The molecule has 7 heteroatoms. The highest BCUT2D eigenvalue weighted by molar-refractivity contribution is 6.02. The number of Topliss-reactive ketones (excluding diaryl/α,β-unsaturated/α-hetero) is 1. The summed E-state index contributed by atoms with van der Waals surface area (Å²) in [6.45, 7) is 0. The summed E-state index contributed by atoms with van der Waals surface area (Å²) >= 11 is 0. The minimum atomic E-state index is -0.572. The lowest BCUT2D eigenvalue weighted by molar-refractivity contribution is 0.0992. The molecule has 4 heterocycles. The van der Waals surface area contributed by atoms with Gasteiger partial charge in [0.05, 0.1) is 36.1 Å². The van der Waals surface area contributed by atoms with Crippen LogP contribution in [0.2, 0.25) is 0 Å². The maximum absolute atomic E-state index is 13.4. The smallest absolute Gasteiger partial charge is 0.172 e. The number of pyridine rings is 3. The summed E-state index contributed by atoms with van der Waals surface area (Å²) in [4.78, 5) is 24.7. The Morgan fingerprint density at radius 3 is 3.04 bits per heavy atom. The predicted octanol–water partition coefficient (Wildman–Crippen LogP) is 3.48. The summed E-state index contributed by atoms with van der Waals surface area (Å²) in [7, 11) is 0. The van der Waals surface area contributed by atoms with Gasteiger partial charge in [0.2, 0.25) is 0 Å². The van der Waals surface area contributed by atoms with Gasteiger partial charge in [0.15, 0.2) is 5.78 Å². The molecule has 0 aliphatic rings. The SMILES string of the molecule is [2H]c1nc(CC(=O)c2cc(Oc3cncc(F)c3)cn3ccnc23)c([2H])c([2H])c1[2H]. The Hall–Kier alpha value is -3.61. The van der Waals surface area contributed by atoms with Gasteiger partial charge in [0.1, 0.15) is 23.0 Å². The van der Waals surface area contributed by atoms with Crippen LogP contribution >= 0.6 is 0 Å². The van der Waals surface area contributed by atoms with E-state index in [2.05, 4.69) is 15.0 Å². The molecule has 0 aromatic carbocycles. The van der Waals surface area contributed by atoms with Crippen molar-refractivity contribution in [2.45, 2.75) is 6.42 Å². The van der Waals surface area contributed by atoms with Crippen molar-refractivity contribution in [3.8, 4) is 11.5 Å². The molecule has 0 bridgehead atoms. The van der Waals surface area contributed by atoms with Crippen molar-refractivity contribution < 1.29 is 19.4 Å². The molecular formula is C19H13FN4O2. The Bertz CT molecular complexity index is 1300. The lowest BCUT2D eigenvalue weighted by Crippen LogP contribution is -2.07. The largest absolute Gasteiger partial charge is 0.454 e. The fourth-order valence-electron chi connectivity index (χ4n) is 2.44. The second-order valence-corrected chi connectivity index (χ2v) is 5.33. The molecule has 4 aromatic heterocycles. The molecule has 0 saturated carbocycles. The van der Waals surface area contributed by atoms with Crippen LogP contribution < -0.4 is 4.74 Å². The number of nitrogens with zero attached hydrogens (tertiary/aromatic N) is 4. The summed E-state index contributed by atoms with van der Waals surface area (Å²) in [5.74, 6) is -0.658. The van der Waals surface area contributed by atoms with E-state index in [1.165, 1.54) is 18.5 Å². The van der Waals surface area contributed by atoms with E-state index in [0.717, 1.165) is 12.3 Å². The Morgan fingerprint density at radius 1 is 1.23 bits per heavy atom. The van der Waals surface area contributed by atoms with E-state index < -0.39 is 29.9 Å². The first-order valence-corrected chi connectivity index (χ1v) is 7.55. The van der Waals surface area contributed by atoms with E-state index in [9.17, 15) is 9.18 Å². The van der Waals surface area contributed by atoms with Crippen LogP contribution in [0.15, 0.2) is 67.4 Å². The lowest BCUT2D eigenvalue weighted by atomic mass is 10.1. The van der Waals surface area contributed by atoms with Gasteiger partial charge in [-0.2, -0.15) is 0 Å². The number of fused-ring (bicyclic) bond motifs is 1. The molecule has 26 heavy (non-hydrogen) atoms. The zero-order valence-electron chi connectivity index (χ0n) is 17.2. The number of ether oxygens (including phenoxy) is 1. The number of ketones is 1. The van der Waals surface area contributed by atoms with Crippen molar-refractivity contribution in [2.75, 3.05) is 0 Å². The quantitative estimate of drug-likeness (QED) is 0.514. The van der Waals surface area contributed by atoms with Crippen LogP contribution in [-0.4, -0.2) is 25.1 Å². The third kappa shape index (κ3) is 3.27. The molecule has 0 aliphatic carbocycles. The molecule has 4 rings (SSSR count). The molecule has 0 spiro atoms. The van der Waals surface area contributed by atoms with Gasteiger partial charge in [-0.25, -0.2) is 9.37 Å². The minimum absolute atomic E-state index is 0.0728. The fourth-order valence-corrected chi connectivity index (χ4v) is 2.44. The zero-order chi connectivity index (χ0) is 21.4. The van der Waals surface area contributed by atoms with Crippen molar-refractivity contribution >= 4 is 11.4 Å². The second kappa shape index (κ2) is 6.72. The molecule has 128 valence electrons. The second-order valence-electron chi connectivity index (χ2n) is 5.33. The topological polar surface area (TPSA) is 69.4 Å². The highest BCUT2D eigenvalue weighted by Crippen LogP contribution is 2.25. The number of aromatic nitrogens is 4. The molecule has 0 aliphatic heterocycles. The maximum Gasteiger partial charge on any atom is 0.172 e. The molecule has 6 nitrogen and oxygen atoms in total. The molecule has 0 atom stereocenters. The van der Waals surface area contributed by atoms with E-state index in [-0.39, 0.29) is 35.2 Å². The number of carbonyl (C=O) groups excluding carboxylic acids is 1. The first kappa shape index (κ1) is 11.9. The molecule has 0 unspecified atom stereocenters. The van der Waals surface area contributed by atoms with E-state index in [0.29, 0.717) is 5.65 Å². The van der Waals surface area contributed by atoms with E-state index in [1.807, 2.05) is 0 Å². The first-order chi connectivity index (χ1) is 14.3. The third-order valence-corrected chi connectivity index (χ3v) is 3.52. The Morgan fingerprint density at radius 2 is 2.15 bits per heavy atom. The average Bonchev–Trinajstić information content (AvgIpc) is 3.18. The van der Waals surface area contributed by atoms with Gasteiger partial charge >= 0.3 is 0 Å². The van der Waals surface area contributed by atoms with Gasteiger partial charge in [-0.1, -0.05) is 6.04 Å². The summed E-state index contributed by atoms with van der Waals surface area (Å²) in [6, 6.07) is 1.28. The van der Waals surface area contributed by atoms with Gasteiger partial charge < -0.3 is 9.14 Å². The van der Waals surface area contributed by atoms with E-state index >= 15 is 0 Å². The van der Waals surface area contributed by atoms with Crippen LogP contribution in [-0.2, 0) is 6.42 Å². The third-order valence-electron chi connectivity index (χ3n) is 3.52. The monoisotopic (exact) mass is 352 g/mol. The first-order valence-electron chi connectivity index (χ1n) is 9.55.